The minimum atomic E-state index is -0.762. The molecule has 0 aromatic heterocycles. The van der Waals surface area contributed by atoms with Gasteiger partial charge in [-0.3, -0.25) is 14.4 Å². The highest BCUT2D eigenvalue weighted by atomic mass is 79.9. The number of hydrogen-bond acceptors (Lipinski definition) is 3. The maximum atomic E-state index is 14.1. The van der Waals surface area contributed by atoms with Crippen LogP contribution in [0, 0.1) is 17.8 Å². The van der Waals surface area contributed by atoms with Crippen LogP contribution in [0.4, 0.5) is 5.69 Å². The van der Waals surface area contributed by atoms with Crippen LogP contribution in [0.25, 0.3) is 0 Å². The van der Waals surface area contributed by atoms with Crippen molar-refractivity contribution in [2.45, 2.75) is 30.0 Å². The van der Waals surface area contributed by atoms with Crippen molar-refractivity contribution in [3.05, 3.63) is 101 Å². The Labute approximate surface area is 224 Å². The predicted molar refractivity (Wildman–Crippen MR) is 145 cm³/mol. The first-order valence-electron chi connectivity index (χ1n) is 13.1. The normalized spacial score (nSPS) is 28.2. The number of alkyl halides is 1. The molecular weight excluding hydrogens is 528 g/mol. The number of nitrogens with zero attached hydrogens (tertiary/aromatic N) is 2. The molecule has 2 fully saturated rings. The lowest BCUT2D eigenvalue weighted by Crippen LogP contribution is -2.50. The Bertz CT molecular complexity index is 1410. The van der Waals surface area contributed by atoms with Gasteiger partial charge in [0, 0.05) is 24.6 Å². The van der Waals surface area contributed by atoms with Gasteiger partial charge in [-0.05, 0) is 65.3 Å². The molecule has 6 heteroatoms. The summed E-state index contributed by atoms with van der Waals surface area (Å²) < 4.78 is -0.762. The van der Waals surface area contributed by atoms with E-state index in [4.69, 9.17) is 0 Å². The first kappa shape index (κ1) is 22.9. The van der Waals surface area contributed by atoms with Crippen LogP contribution >= 0.6 is 15.9 Å². The monoisotopic (exact) mass is 554 g/mol. The van der Waals surface area contributed by atoms with Crippen molar-refractivity contribution in [2.24, 2.45) is 17.8 Å². The molecule has 0 spiro atoms. The summed E-state index contributed by atoms with van der Waals surface area (Å²) in [5.74, 6) is -0.885. The number of benzene rings is 3. The van der Waals surface area contributed by atoms with Gasteiger partial charge in [0.15, 0.2) is 0 Å². The van der Waals surface area contributed by atoms with Gasteiger partial charge in [-0.25, -0.2) is 4.90 Å². The SMILES string of the molecule is CC1CCN(C(=O)c2ccc(N3C(=O)[C@@H]4C5c6ccccc6C(Br)(c6ccccc65)[C@@H]4C3=O)cc2)CC1. The Kier molecular flexibility index (Phi) is 5.03. The third-order valence-electron chi connectivity index (χ3n) is 8.96. The molecule has 8 rings (SSSR count). The highest BCUT2D eigenvalue weighted by Crippen LogP contribution is 2.66. The lowest BCUT2D eigenvalue weighted by Gasteiger charge is -2.51. The molecule has 3 aromatic rings. The van der Waals surface area contributed by atoms with E-state index in [1.807, 2.05) is 29.2 Å². The first-order chi connectivity index (χ1) is 17.9. The van der Waals surface area contributed by atoms with Gasteiger partial charge in [0.25, 0.3) is 5.91 Å². The van der Waals surface area contributed by atoms with E-state index < -0.39 is 16.2 Å². The number of piperidine rings is 1. The van der Waals surface area contributed by atoms with E-state index in [0.717, 1.165) is 48.2 Å². The van der Waals surface area contributed by atoms with Gasteiger partial charge in [-0.15, -0.1) is 0 Å². The Morgan fingerprint density at radius 3 is 2.00 bits per heavy atom. The van der Waals surface area contributed by atoms with E-state index in [1.54, 1.807) is 24.3 Å². The van der Waals surface area contributed by atoms with Crippen LogP contribution in [0.5, 0.6) is 0 Å². The number of hydrogen-bond donors (Lipinski definition) is 0. The molecule has 5 nitrogen and oxygen atoms in total. The number of rotatable bonds is 2. The van der Waals surface area contributed by atoms with Crippen LogP contribution in [0.15, 0.2) is 72.8 Å². The van der Waals surface area contributed by atoms with Crippen LogP contribution < -0.4 is 4.90 Å². The zero-order chi connectivity index (χ0) is 25.5. The molecular formula is C31H27BrN2O3. The zero-order valence-electron chi connectivity index (χ0n) is 20.6. The average Bonchev–Trinajstić information content (AvgIpc) is 3.20. The van der Waals surface area contributed by atoms with E-state index in [9.17, 15) is 14.4 Å². The van der Waals surface area contributed by atoms with Crippen molar-refractivity contribution in [1.82, 2.24) is 4.90 Å². The zero-order valence-corrected chi connectivity index (χ0v) is 22.1. The molecule has 186 valence electrons. The first-order valence-corrected chi connectivity index (χ1v) is 13.9. The summed E-state index contributed by atoms with van der Waals surface area (Å²) in [6.45, 7) is 3.76. The van der Waals surface area contributed by atoms with Crippen molar-refractivity contribution in [3.63, 3.8) is 0 Å². The Morgan fingerprint density at radius 2 is 1.41 bits per heavy atom. The lowest BCUT2D eigenvalue weighted by molar-refractivity contribution is -0.122. The van der Waals surface area contributed by atoms with Crippen LogP contribution in [-0.2, 0) is 13.9 Å². The molecule has 5 aliphatic rings. The predicted octanol–water partition coefficient (Wildman–Crippen LogP) is 5.46. The van der Waals surface area contributed by atoms with Crippen molar-refractivity contribution < 1.29 is 14.4 Å². The van der Waals surface area contributed by atoms with Gasteiger partial charge in [0.2, 0.25) is 11.8 Å². The third kappa shape index (κ3) is 3.05. The molecule has 2 heterocycles. The smallest absolute Gasteiger partial charge is 0.253 e. The maximum absolute atomic E-state index is 14.1. The number of carbonyl (C=O) groups is 3. The van der Waals surface area contributed by atoms with Crippen LogP contribution in [0.1, 0.15) is 58.3 Å². The second-order valence-corrected chi connectivity index (χ2v) is 12.2. The summed E-state index contributed by atoms with van der Waals surface area (Å²) in [6, 6.07) is 23.3. The molecule has 37 heavy (non-hydrogen) atoms. The molecule has 2 aliphatic heterocycles. The van der Waals surface area contributed by atoms with Gasteiger partial charge in [-0.2, -0.15) is 0 Å². The van der Waals surface area contributed by atoms with Gasteiger partial charge < -0.3 is 4.90 Å². The Hall–Kier alpha value is -3.25. The van der Waals surface area contributed by atoms with E-state index in [1.165, 1.54) is 4.90 Å². The second-order valence-electron chi connectivity index (χ2n) is 10.9. The summed E-state index contributed by atoms with van der Waals surface area (Å²) in [5, 5.41) is 0. The Balaban J connectivity index is 1.26. The number of amides is 3. The van der Waals surface area contributed by atoms with Crippen molar-refractivity contribution in [2.75, 3.05) is 18.0 Å². The molecule has 3 aliphatic carbocycles. The van der Waals surface area contributed by atoms with E-state index in [-0.39, 0.29) is 23.6 Å². The topological polar surface area (TPSA) is 57.7 Å². The number of imide groups is 1. The summed E-state index contributed by atoms with van der Waals surface area (Å²) in [4.78, 5) is 44.4. The molecule has 0 saturated carbocycles. The van der Waals surface area contributed by atoms with Gasteiger partial charge in [-0.1, -0.05) is 71.4 Å². The molecule has 2 bridgehead atoms. The minimum absolute atomic E-state index is 0.00884. The molecule has 0 radical (unpaired) electrons. The minimum Gasteiger partial charge on any atom is -0.339 e. The molecule has 0 unspecified atom stereocenters. The fourth-order valence-corrected chi connectivity index (χ4v) is 8.28. The Morgan fingerprint density at radius 1 is 0.838 bits per heavy atom. The van der Waals surface area contributed by atoms with E-state index >= 15 is 0 Å². The summed E-state index contributed by atoms with van der Waals surface area (Å²) in [6.07, 6.45) is 2.03. The summed E-state index contributed by atoms with van der Waals surface area (Å²) in [7, 11) is 0. The number of carbonyl (C=O) groups excluding carboxylic acids is 3. The molecule has 3 amide bonds. The largest absolute Gasteiger partial charge is 0.339 e. The van der Waals surface area contributed by atoms with Crippen molar-refractivity contribution in [1.29, 1.82) is 0 Å². The highest BCUT2D eigenvalue weighted by Gasteiger charge is 2.67. The van der Waals surface area contributed by atoms with E-state index in [0.29, 0.717) is 17.2 Å². The summed E-state index contributed by atoms with van der Waals surface area (Å²) in [5.41, 5.74) is 5.47. The van der Waals surface area contributed by atoms with Crippen molar-refractivity contribution in [3.8, 4) is 0 Å². The van der Waals surface area contributed by atoms with E-state index in [2.05, 4.69) is 47.1 Å². The highest BCUT2D eigenvalue weighted by molar-refractivity contribution is 9.09. The van der Waals surface area contributed by atoms with Gasteiger partial charge >= 0.3 is 0 Å². The number of anilines is 1. The molecule has 2 saturated heterocycles. The van der Waals surface area contributed by atoms with Gasteiger partial charge in [0.1, 0.15) is 0 Å². The second kappa shape index (κ2) is 8.12. The molecule has 0 N–H and O–H groups in total. The van der Waals surface area contributed by atoms with Crippen LogP contribution in [-0.4, -0.2) is 35.7 Å². The average molecular weight is 555 g/mol. The van der Waals surface area contributed by atoms with Crippen LogP contribution in [0.3, 0.4) is 0 Å². The number of halogens is 1. The molecule has 3 aromatic carbocycles. The standard InChI is InChI=1S/C31H27BrN2O3/c1-18-14-16-33(17-15-18)28(35)19-10-12-20(13-11-19)34-29(36)26-25-21-6-2-4-8-23(21)31(32,27(26)30(34)37)24-9-5-3-7-22(24)25/h2-13,18,25-27H,14-17H2,1H3/t25?,26-,27+,31?/m1/s1. The lowest BCUT2D eigenvalue weighted by atomic mass is 9.55. The quantitative estimate of drug-likeness (QED) is 0.312. The maximum Gasteiger partial charge on any atom is 0.253 e. The fourth-order valence-electron chi connectivity index (χ4n) is 7.08. The van der Waals surface area contributed by atoms with Crippen LogP contribution in [0.2, 0.25) is 0 Å². The van der Waals surface area contributed by atoms with Gasteiger partial charge in [0.05, 0.1) is 21.8 Å². The van der Waals surface area contributed by atoms with Crippen molar-refractivity contribution >= 4 is 39.3 Å². The summed E-state index contributed by atoms with van der Waals surface area (Å²) >= 11 is 4.03. The molecule has 2 atom stereocenters. The number of likely N-dealkylation sites (tertiary alicyclic amines) is 1. The third-order valence-corrected chi connectivity index (χ3v) is 10.3. The fraction of sp³-hybridized carbons (Fsp3) is 0.323.